The van der Waals surface area contributed by atoms with Crippen molar-refractivity contribution in [3.63, 3.8) is 0 Å². The zero-order valence-electron chi connectivity index (χ0n) is 12.3. The van der Waals surface area contributed by atoms with Gasteiger partial charge in [0.1, 0.15) is 0 Å². The fourth-order valence-electron chi connectivity index (χ4n) is 1.67. The first kappa shape index (κ1) is 17.1. The molecule has 0 saturated carbocycles. The first-order valence-electron chi connectivity index (χ1n) is 6.35. The summed E-state index contributed by atoms with van der Waals surface area (Å²) in [5, 5.41) is 14.6. The van der Waals surface area contributed by atoms with Gasteiger partial charge in [-0.15, -0.1) is 11.3 Å². The summed E-state index contributed by atoms with van der Waals surface area (Å²) in [6.45, 7) is 0. The van der Waals surface area contributed by atoms with Crippen LogP contribution in [0.3, 0.4) is 0 Å². The van der Waals surface area contributed by atoms with Gasteiger partial charge >= 0.3 is 0 Å². The van der Waals surface area contributed by atoms with Crippen molar-refractivity contribution in [3.05, 3.63) is 46.2 Å². The summed E-state index contributed by atoms with van der Waals surface area (Å²) < 4.78 is 25.0. The van der Waals surface area contributed by atoms with Crippen molar-refractivity contribution >= 4 is 38.9 Å². The van der Waals surface area contributed by atoms with Gasteiger partial charge in [0, 0.05) is 25.2 Å². The number of hydrogen-bond donors (Lipinski definition) is 1. The van der Waals surface area contributed by atoms with E-state index >= 15 is 0 Å². The number of benzene rings is 1. The maximum absolute atomic E-state index is 12.1. The highest BCUT2D eigenvalue weighted by Crippen LogP contribution is 2.22. The number of thiophene rings is 1. The maximum Gasteiger partial charge on any atom is 0.265 e. The number of hydrogen-bond acceptors (Lipinski definition) is 6. The Morgan fingerprint density at radius 2 is 1.78 bits per heavy atom. The topological polar surface area (TPSA) is 107 Å². The summed E-state index contributed by atoms with van der Waals surface area (Å²) >= 11 is 1.01. The Labute approximate surface area is 137 Å². The smallest absolute Gasteiger partial charge is 0.265 e. The van der Waals surface area contributed by atoms with Crippen LogP contribution in [-0.2, 0) is 10.0 Å². The van der Waals surface area contributed by atoms with Crippen molar-refractivity contribution in [2.24, 2.45) is 0 Å². The quantitative estimate of drug-likeness (QED) is 0.848. The van der Waals surface area contributed by atoms with Crippen molar-refractivity contribution in [2.45, 2.75) is 4.90 Å². The molecule has 0 radical (unpaired) electrons. The predicted molar refractivity (Wildman–Crippen MR) is 83.9 cm³/mol. The Kier molecular flexibility index (Phi) is 4.83. The summed E-state index contributed by atoms with van der Waals surface area (Å²) in [7, 11) is -0.769. The predicted octanol–water partition coefficient (Wildman–Crippen LogP) is 0.614. The van der Waals surface area contributed by atoms with Crippen molar-refractivity contribution < 1.29 is 23.1 Å². The normalized spacial score (nSPS) is 11.4. The van der Waals surface area contributed by atoms with E-state index < -0.39 is 21.9 Å². The first-order valence-corrected chi connectivity index (χ1v) is 8.67. The fourth-order valence-corrected chi connectivity index (χ4v) is 3.72. The van der Waals surface area contributed by atoms with E-state index in [4.69, 9.17) is 0 Å². The third-order valence-corrected chi connectivity index (χ3v) is 5.83. The molecule has 9 heteroatoms. The molecule has 0 fully saturated rings. The third-order valence-electron chi connectivity index (χ3n) is 2.96. The van der Waals surface area contributed by atoms with E-state index in [0.29, 0.717) is 5.69 Å². The van der Waals surface area contributed by atoms with Crippen molar-refractivity contribution in [1.29, 1.82) is 0 Å². The molecule has 1 amide bonds. The number of amides is 1. The van der Waals surface area contributed by atoms with E-state index in [-0.39, 0.29) is 15.3 Å². The number of carbonyl (C=O) groups excluding carboxylic acids is 2. The van der Waals surface area contributed by atoms with Gasteiger partial charge < -0.3 is 15.2 Å². The van der Waals surface area contributed by atoms with E-state index in [2.05, 4.69) is 5.32 Å². The second-order valence-electron chi connectivity index (χ2n) is 4.75. The SMILES string of the molecule is CN(C)S(=O)(=O)c1csc(C(=O)Nc2ccc(C(=O)[O-])cc2)c1. The minimum absolute atomic E-state index is 0.00140. The summed E-state index contributed by atoms with van der Waals surface area (Å²) in [6.07, 6.45) is 0. The van der Waals surface area contributed by atoms with Crippen LogP contribution in [0.4, 0.5) is 5.69 Å². The highest BCUT2D eigenvalue weighted by molar-refractivity contribution is 7.89. The summed E-state index contributed by atoms with van der Waals surface area (Å²) in [4.78, 5) is 23.0. The minimum Gasteiger partial charge on any atom is -0.545 e. The van der Waals surface area contributed by atoms with E-state index in [1.54, 1.807) is 0 Å². The van der Waals surface area contributed by atoms with Gasteiger partial charge in [-0.25, -0.2) is 12.7 Å². The zero-order chi connectivity index (χ0) is 17.2. The molecule has 0 spiro atoms. The molecule has 0 bridgehead atoms. The van der Waals surface area contributed by atoms with Gasteiger partial charge in [-0.3, -0.25) is 4.79 Å². The van der Waals surface area contributed by atoms with Crippen LogP contribution in [0.2, 0.25) is 0 Å². The highest BCUT2D eigenvalue weighted by Gasteiger charge is 2.21. The Balaban J connectivity index is 2.16. The summed E-state index contributed by atoms with van der Waals surface area (Å²) in [5.74, 6) is -1.78. The molecule has 2 aromatic rings. The number of sulfonamides is 1. The van der Waals surface area contributed by atoms with E-state index in [9.17, 15) is 23.1 Å². The molecular weight excluding hydrogens is 340 g/mol. The molecule has 0 atom stereocenters. The number of carboxylic acids is 1. The van der Waals surface area contributed by atoms with Crippen LogP contribution in [0, 0.1) is 0 Å². The molecule has 2 rings (SSSR count). The van der Waals surface area contributed by atoms with Gasteiger partial charge in [-0.05, 0) is 23.8 Å². The molecule has 0 aliphatic heterocycles. The number of carbonyl (C=O) groups is 2. The fraction of sp³-hybridized carbons (Fsp3) is 0.143. The lowest BCUT2D eigenvalue weighted by Crippen LogP contribution is -2.22. The molecule has 122 valence electrons. The molecule has 23 heavy (non-hydrogen) atoms. The van der Waals surface area contributed by atoms with Crippen LogP contribution < -0.4 is 10.4 Å². The average Bonchev–Trinajstić information content (AvgIpc) is 2.98. The first-order chi connectivity index (χ1) is 10.7. The number of rotatable bonds is 5. The second-order valence-corrected chi connectivity index (χ2v) is 7.82. The number of nitrogens with zero attached hydrogens (tertiary/aromatic N) is 1. The van der Waals surface area contributed by atoms with Gasteiger partial charge in [0.2, 0.25) is 10.0 Å². The van der Waals surface area contributed by atoms with Gasteiger partial charge in [-0.1, -0.05) is 12.1 Å². The second kappa shape index (κ2) is 6.49. The molecule has 1 aromatic heterocycles. The Morgan fingerprint density at radius 3 is 2.30 bits per heavy atom. The Bertz CT molecular complexity index is 838. The zero-order valence-corrected chi connectivity index (χ0v) is 13.9. The Morgan fingerprint density at radius 1 is 1.17 bits per heavy atom. The lowest BCUT2D eigenvalue weighted by atomic mass is 10.2. The van der Waals surface area contributed by atoms with Crippen LogP contribution in [0.25, 0.3) is 0 Å². The number of nitrogens with one attached hydrogen (secondary N) is 1. The molecule has 7 nitrogen and oxygen atoms in total. The maximum atomic E-state index is 12.1. The van der Waals surface area contributed by atoms with Crippen LogP contribution in [0.1, 0.15) is 20.0 Å². The third kappa shape index (κ3) is 3.76. The molecule has 0 unspecified atom stereocenters. The summed E-state index contributed by atoms with van der Waals surface area (Å²) in [6, 6.07) is 6.76. The average molecular weight is 353 g/mol. The largest absolute Gasteiger partial charge is 0.545 e. The number of aromatic carboxylic acids is 1. The number of carboxylic acid groups (broad SMARTS) is 1. The van der Waals surface area contributed by atoms with Crippen LogP contribution in [0.5, 0.6) is 0 Å². The van der Waals surface area contributed by atoms with Crippen LogP contribution in [0.15, 0.2) is 40.6 Å². The van der Waals surface area contributed by atoms with E-state index in [0.717, 1.165) is 15.6 Å². The van der Waals surface area contributed by atoms with Gasteiger partial charge in [0.05, 0.1) is 15.7 Å². The van der Waals surface area contributed by atoms with Crippen LogP contribution >= 0.6 is 11.3 Å². The molecule has 0 saturated heterocycles. The summed E-state index contributed by atoms with van der Waals surface area (Å²) in [5.41, 5.74) is 0.393. The molecular formula is C14H13N2O5S2-. The molecule has 1 heterocycles. The lowest BCUT2D eigenvalue weighted by Gasteiger charge is -2.08. The molecule has 0 aliphatic rings. The van der Waals surface area contributed by atoms with Gasteiger partial charge in [0.15, 0.2) is 0 Å². The van der Waals surface area contributed by atoms with E-state index in [1.165, 1.54) is 49.8 Å². The van der Waals surface area contributed by atoms with Crippen molar-refractivity contribution in [3.8, 4) is 0 Å². The monoisotopic (exact) mass is 353 g/mol. The van der Waals surface area contributed by atoms with Crippen molar-refractivity contribution in [2.75, 3.05) is 19.4 Å². The molecule has 1 aromatic carbocycles. The Hall–Kier alpha value is -2.23. The van der Waals surface area contributed by atoms with Gasteiger partial charge in [-0.2, -0.15) is 0 Å². The minimum atomic E-state index is -3.59. The number of anilines is 1. The molecule has 0 aliphatic carbocycles. The van der Waals surface area contributed by atoms with E-state index in [1.807, 2.05) is 0 Å². The lowest BCUT2D eigenvalue weighted by molar-refractivity contribution is -0.255. The van der Waals surface area contributed by atoms with Crippen LogP contribution in [-0.4, -0.2) is 38.7 Å². The van der Waals surface area contributed by atoms with Gasteiger partial charge in [0.25, 0.3) is 5.91 Å². The standard InChI is InChI=1S/C14H14N2O5S2/c1-16(2)23(20,21)11-7-12(22-8-11)13(17)15-10-5-3-9(4-6-10)14(18)19/h3-8H,1-2H3,(H,15,17)(H,18,19)/p-1. The highest BCUT2D eigenvalue weighted by atomic mass is 32.2. The van der Waals surface area contributed by atoms with Crippen molar-refractivity contribution in [1.82, 2.24) is 4.31 Å². The molecule has 1 N–H and O–H groups in total.